The van der Waals surface area contributed by atoms with Crippen LogP contribution in [0.3, 0.4) is 0 Å². The molecule has 2 N–H and O–H groups in total. The normalized spacial score (nSPS) is 17.9. The molecule has 0 radical (unpaired) electrons. The Balaban J connectivity index is 1.89. The summed E-state index contributed by atoms with van der Waals surface area (Å²) < 4.78 is 37.2. The summed E-state index contributed by atoms with van der Waals surface area (Å²) in [4.78, 5) is 0. The highest BCUT2D eigenvalue weighted by Gasteiger charge is 2.20. The standard InChI is InChI=1S/C14H14N2O4S2/c1-9-7-10-8-11(4-5-12(10)15-14(21)20-9)16-22(17,18)13-3-2-6-19-13/h2-6,8-9,16H,7H2,1H3,(H,15,21). The second kappa shape index (κ2) is 5.62. The molecule has 0 amide bonds. The molecule has 1 aromatic carbocycles. The van der Waals surface area contributed by atoms with Crippen LogP contribution in [0.5, 0.6) is 0 Å². The molecule has 2 aromatic rings. The first-order chi connectivity index (χ1) is 10.4. The third-order valence-electron chi connectivity index (χ3n) is 3.17. The van der Waals surface area contributed by atoms with Crippen molar-refractivity contribution in [3.63, 3.8) is 0 Å². The van der Waals surface area contributed by atoms with Crippen molar-refractivity contribution in [1.29, 1.82) is 0 Å². The monoisotopic (exact) mass is 338 g/mol. The van der Waals surface area contributed by atoms with Gasteiger partial charge in [-0.3, -0.25) is 4.72 Å². The molecule has 0 fully saturated rings. The maximum Gasteiger partial charge on any atom is 0.295 e. The molecule has 0 saturated heterocycles. The number of hydrogen-bond acceptors (Lipinski definition) is 5. The molecular weight excluding hydrogens is 324 g/mol. The molecule has 1 aliphatic heterocycles. The summed E-state index contributed by atoms with van der Waals surface area (Å²) >= 11 is 5.06. The van der Waals surface area contributed by atoms with Gasteiger partial charge in [-0.2, -0.15) is 8.42 Å². The van der Waals surface area contributed by atoms with Crippen LogP contribution in [0.2, 0.25) is 0 Å². The van der Waals surface area contributed by atoms with Gasteiger partial charge in [0.15, 0.2) is 0 Å². The van der Waals surface area contributed by atoms with E-state index in [0.717, 1.165) is 11.3 Å². The Bertz CT molecular complexity index is 800. The summed E-state index contributed by atoms with van der Waals surface area (Å²) in [7, 11) is -3.72. The average Bonchev–Trinajstić information content (AvgIpc) is 2.91. The Labute approximate surface area is 133 Å². The Morgan fingerprint density at radius 1 is 1.36 bits per heavy atom. The topological polar surface area (TPSA) is 80.6 Å². The van der Waals surface area contributed by atoms with Crippen LogP contribution >= 0.6 is 12.2 Å². The van der Waals surface area contributed by atoms with Gasteiger partial charge in [0.2, 0.25) is 5.09 Å². The van der Waals surface area contributed by atoms with Crippen LogP contribution in [0, 0.1) is 0 Å². The van der Waals surface area contributed by atoms with Gasteiger partial charge in [-0.15, -0.1) is 0 Å². The van der Waals surface area contributed by atoms with Crippen molar-refractivity contribution in [1.82, 2.24) is 0 Å². The van der Waals surface area contributed by atoms with Crippen LogP contribution in [-0.2, 0) is 21.2 Å². The number of thiocarbonyl (C=S) groups is 1. The molecule has 1 atom stereocenters. The zero-order valence-corrected chi connectivity index (χ0v) is 13.3. The first kappa shape index (κ1) is 14.9. The molecule has 0 aliphatic carbocycles. The minimum atomic E-state index is -3.72. The van der Waals surface area contributed by atoms with Gasteiger partial charge < -0.3 is 14.5 Å². The average molecular weight is 338 g/mol. The highest BCUT2D eigenvalue weighted by atomic mass is 32.2. The largest absolute Gasteiger partial charge is 0.467 e. The van der Waals surface area contributed by atoms with E-state index in [2.05, 4.69) is 10.0 Å². The number of hydrogen-bond donors (Lipinski definition) is 2. The zero-order valence-electron chi connectivity index (χ0n) is 11.7. The molecule has 1 unspecified atom stereocenters. The van der Waals surface area contributed by atoms with Crippen molar-refractivity contribution in [2.24, 2.45) is 0 Å². The van der Waals surface area contributed by atoms with E-state index in [1.54, 1.807) is 18.2 Å². The summed E-state index contributed by atoms with van der Waals surface area (Å²) in [6.45, 7) is 1.91. The van der Waals surface area contributed by atoms with E-state index in [-0.39, 0.29) is 11.2 Å². The lowest BCUT2D eigenvalue weighted by Crippen LogP contribution is -2.16. The number of anilines is 2. The van der Waals surface area contributed by atoms with E-state index in [1.807, 2.05) is 6.92 Å². The van der Waals surface area contributed by atoms with E-state index in [0.29, 0.717) is 17.3 Å². The predicted molar refractivity (Wildman–Crippen MR) is 86.4 cm³/mol. The second-order valence-electron chi connectivity index (χ2n) is 4.95. The highest BCUT2D eigenvalue weighted by Crippen LogP contribution is 2.27. The van der Waals surface area contributed by atoms with Gasteiger partial charge >= 0.3 is 0 Å². The Hall–Kier alpha value is -2.06. The fourth-order valence-electron chi connectivity index (χ4n) is 2.24. The number of fused-ring (bicyclic) bond motifs is 1. The SMILES string of the molecule is CC1Cc2cc(NS(=O)(=O)c3ccco3)ccc2NC(=S)O1. The molecule has 8 heteroatoms. The number of sulfonamides is 1. The molecule has 0 saturated carbocycles. The summed E-state index contributed by atoms with van der Waals surface area (Å²) in [6, 6.07) is 8.10. The third kappa shape index (κ3) is 3.07. The Morgan fingerprint density at radius 3 is 2.91 bits per heavy atom. The van der Waals surface area contributed by atoms with Gasteiger partial charge in [0.1, 0.15) is 6.10 Å². The maximum absolute atomic E-state index is 12.1. The lowest BCUT2D eigenvalue weighted by atomic mass is 10.1. The minimum Gasteiger partial charge on any atom is -0.467 e. The maximum atomic E-state index is 12.1. The van der Waals surface area contributed by atoms with Gasteiger partial charge in [-0.1, -0.05) is 0 Å². The quantitative estimate of drug-likeness (QED) is 0.838. The summed E-state index contributed by atoms with van der Waals surface area (Å²) in [5, 5.41) is 3.17. The first-order valence-electron chi connectivity index (χ1n) is 6.61. The minimum absolute atomic E-state index is 0.0850. The predicted octanol–water partition coefficient (Wildman–Crippen LogP) is 2.74. The van der Waals surface area contributed by atoms with E-state index in [1.165, 1.54) is 18.4 Å². The number of benzene rings is 1. The molecule has 2 heterocycles. The van der Waals surface area contributed by atoms with Crippen LogP contribution in [-0.4, -0.2) is 19.7 Å². The molecule has 0 bridgehead atoms. The van der Waals surface area contributed by atoms with Crippen LogP contribution < -0.4 is 10.0 Å². The highest BCUT2D eigenvalue weighted by molar-refractivity contribution is 7.92. The summed E-state index contributed by atoms with van der Waals surface area (Å²) in [6.07, 6.45) is 1.85. The van der Waals surface area contributed by atoms with Gasteiger partial charge in [-0.25, -0.2) is 0 Å². The second-order valence-corrected chi connectivity index (χ2v) is 6.94. The van der Waals surface area contributed by atoms with Gasteiger partial charge in [-0.05, 0) is 55.0 Å². The molecule has 116 valence electrons. The lowest BCUT2D eigenvalue weighted by molar-refractivity contribution is 0.217. The molecule has 6 nitrogen and oxygen atoms in total. The van der Waals surface area contributed by atoms with E-state index >= 15 is 0 Å². The van der Waals surface area contributed by atoms with E-state index < -0.39 is 10.0 Å². The van der Waals surface area contributed by atoms with Crippen molar-refractivity contribution >= 4 is 38.8 Å². The van der Waals surface area contributed by atoms with E-state index in [4.69, 9.17) is 21.4 Å². The van der Waals surface area contributed by atoms with Crippen LogP contribution in [0.1, 0.15) is 12.5 Å². The zero-order chi connectivity index (χ0) is 15.7. The number of furan rings is 1. The number of ether oxygens (including phenoxy) is 1. The molecule has 22 heavy (non-hydrogen) atoms. The van der Waals surface area contributed by atoms with Crippen molar-refractivity contribution in [3.05, 3.63) is 42.2 Å². The van der Waals surface area contributed by atoms with E-state index in [9.17, 15) is 8.42 Å². The van der Waals surface area contributed by atoms with Gasteiger partial charge in [0, 0.05) is 17.8 Å². The van der Waals surface area contributed by atoms with Crippen LogP contribution in [0.15, 0.2) is 46.1 Å². The molecule has 3 rings (SSSR count). The van der Waals surface area contributed by atoms with Crippen LogP contribution in [0.4, 0.5) is 11.4 Å². The molecule has 1 aliphatic rings. The van der Waals surface area contributed by atoms with Crippen molar-refractivity contribution < 1.29 is 17.6 Å². The molecular formula is C14H14N2O4S2. The fourth-order valence-corrected chi connectivity index (χ4v) is 3.50. The Morgan fingerprint density at radius 2 is 2.18 bits per heavy atom. The number of nitrogens with one attached hydrogen (secondary N) is 2. The van der Waals surface area contributed by atoms with Crippen LogP contribution in [0.25, 0.3) is 0 Å². The fraction of sp³-hybridized carbons (Fsp3) is 0.214. The van der Waals surface area contributed by atoms with Crippen molar-refractivity contribution in [3.8, 4) is 0 Å². The summed E-state index contributed by atoms with van der Waals surface area (Å²) in [5.74, 6) is 0. The molecule has 0 spiro atoms. The lowest BCUT2D eigenvalue weighted by Gasteiger charge is -2.11. The van der Waals surface area contributed by atoms with Gasteiger partial charge in [0.25, 0.3) is 15.2 Å². The summed E-state index contributed by atoms with van der Waals surface area (Å²) in [5.41, 5.74) is 2.19. The van der Waals surface area contributed by atoms with Crippen molar-refractivity contribution in [2.75, 3.05) is 10.0 Å². The number of rotatable bonds is 3. The third-order valence-corrected chi connectivity index (χ3v) is 4.63. The smallest absolute Gasteiger partial charge is 0.295 e. The first-order valence-corrected chi connectivity index (χ1v) is 8.50. The molecule has 1 aromatic heterocycles. The van der Waals surface area contributed by atoms with Gasteiger partial charge in [0.05, 0.1) is 6.26 Å². The Kier molecular flexibility index (Phi) is 3.79. The van der Waals surface area contributed by atoms with Crippen molar-refractivity contribution in [2.45, 2.75) is 24.5 Å².